The third-order valence-corrected chi connectivity index (χ3v) is 3.54. The fourth-order valence-electron chi connectivity index (χ4n) is 1.80. The first-order valence-corrected chi connectivity index (χ1v) is 5.91. The summed E-state index contributed by atoms with van der Waals surface area (Å²) in [5, 5.41) is 3.33. The van der Waals surface area contributed by atoms with Crippen LogP contribution in [0.4, 0.5) is 5.69 Å². The first-order valence-electron chi connectivity index (χ1n) is 5.03. The van der Waals surface area contributed by atoms with Gasteiger partial charge in [-0.3, -0.25) is 4.98 Å². The molecule has 1 aromatic carbocycles. The van der Waals surface area contributed by atoms with Gasteiger partial charge in [0.1, 0.15) is 0 Å². The number of rotatable bonds is 1. The van der Waals surface area contributed by atoms with E-state index in [1.54, 1.807) is 17.5 Å². The van der Waals surface area contributed by atoms with Gasteiger partial charge in [-0.2, -0.15) is 0 Å². The van der Waals surface area contributed by atoms with E-state index in [0.717, 1.165) is 16.9 Å². The van der Waals surface area contributed by atoms with E-state index in [-0.39, 0.29) is 0 Å². The molecule has 2 nitrogen and oxygen atoms in total. The van der Waals surface area contributed by atoms with Gasteiger partial charge in [0.25, 0.3) is 0 Å². The molecule has 0 aliphatic heterocycles. The lowest BCUT2D eigenvalue weighted by atomic mass is 10.1. The van der Waals surface area contributed by atoms with Gasteiger partial charge in [0.2, 0.25) is 0 Å². The van der Waals surface area contributed by atoms with Crippen molar-refractivity contribution >= 4 is 27.1 Å². The number of nitrogens with two attached hydrogens (primary N) is 1. The van der Waals surface area contributed by atoms with Crippen LogP contribution in [0.2, 0.25) is 0 Å². The number of aromatic nitrogens is 1. The van der Waals surface area contributed by atoms with Crippen molar-refractivity contribution in [2.75, 3.05) is 5.73 Å². The molecule has 0 fully saturated rings. The van der Waals surface area contributed by atoms with Gasteiger partial charge in [-0.05, 0) is 18.2 Å². The van der Waals surface area contributed by atoms with Gasteiger partial charge >= 0.3 is 0 Å². The zero-order valence-corrected chi connectivity index (χ0v) is 9.37. The highest BCUT2D eigenvalue weighted by Gasteiger charge is 2.09. The number of nitrogens with zero attached hydrogens (tertiary/aromatic N) is 1. The van der Waals surface area contributed by atoms with Gasteiger partial charge in [-0.25, -0.2) is 0 Å². The quantitative estimate of drug-likeness (QED) is 0.689. The molecule has 0 radical (unpaired) electrons. The molecular formula is C13H10N2S. The number of nitrogen functional groups attached to an aromatic ring is 1. The lowest BCUT2D eigenvalue weighted by molar-refractivity contribution is 1.34. The number of thiophene rings is 1. The van der Waals surface area contributed by atoms with E-state index >= 15 is 0 Å². The molecule has 0 spiro atoms. The van der Waals surface area contributed by atoms with Gasteiger partial charge in [0, 0.05) is 27.2 Å². The van der Waals surface area contributed by atoms with E-state index in [1.165, 1.54) is 10.1 Å². The lowest BCUT2D eigenvalue weighted by Crippen LogP contribution is -1.91. The number of anilines is 1. The Bertz CT molecular complexity index is 643. The Balaban J connectivity index is 2.31. The molecule has 0 bridgehead atoms. The molecule has 0 aliphatic rings. The maximum Gasteiger partial charge on any atom is 0.0945 e. The minimum Gasteiger partial charge on any atom is -0.397 e. The molecule has 3 aromatic rings. The average Bonchev–Trinajstić information content (AvgIpc) is 2.74. The molecule has 2 N–H and O–H groups in total. The highest BCUT2D eigenvalue weighted by Crippen LogP contribution is 2.34. The van der Waals surface area contributed by atoms with Crippen molar-refractivity contribution in [1.29, 1.82) is 0 Å². The number of pyridine rings is 1. The summed E-state index contributed by atoms with van der Waals surface area (Å²) in [6.07, 6.45) is 1.78. The second-order valence-corrected chi connectivity index (χ2v) is 4.50. The molecule has 0 saturated heterocycles. The molecule has 3 rings (SSSR count). The Kier molecular flexibility index (Phi) is 2.11. The van der Waals surface area contributed by atoms with Crippen molar-refractivity contribution in [1.82, 2.24) is 4.98 Å². The van der Waals surface area contributed by atoms with Gasteiger partial charge in [0.15, 0.2) is 0 Å². The van der Waals surface area contributed by atoms with Crippen LogP contribution in [0, 0.1) is 0 Å². The Morgan fingerprint density at radius 3 is 2.81 bits per heavy atom. The van der Waals surface area contributed by atoms with E-state index in [2.05, 4.69) is 22.5 Å². The summed E-state index contributed by atoms with van der Waals surface area (Å²) in [5.41, 5.74) is 8.67. The molecule has 2 aromatic heterocycles. The zero-order chi connectivity index (χ0) is 11.0. The Morgan fingerprint density at radius 1 is 1.06 bits per heavy atom. The predicted molar refractivity (Wildman–Crippen MR) is 69.5 cm³/mol. The topological polar surface area (TPSA) is 38.9 Å². The third-order valence-electron chi connectivity index (χ3n) is 2.58. The van der Waals surface area contributed by atoms with Crippen LogP contribution in [0.5, 0.6) is 0 Å². The summed E-state index contributed by atoms with van der Waals surface area (Å²) in [6.45, 7) is 0. The molecular weight excluding hydrogens is 216 g/mol. The smallest absolute Gasteiger partial charge is 0.0945 e. The summed E-state index contributed by atoms with van der Waals surface area (Å²) in [6, 6.07) is 12.0. The maximum absolute atomic E-state index is 5.94. The molecule has 0 amide bonds. The van der Waals surface area contributed by atoms with Crippen LogP contribution in [-0.4, -0.2) is 4.98 Å². The third kappa shape index (κ3) is 1.37. The van der Waals surface area contributed by atoms with Crippen molar-refractivity contribution in [2.45, 2.75) is 0 Å². The SMILES string of the molecule is Nc1cccnc1-c1csc2ccccc12. The van der Waals surface area contributed by atoms with E-state index in [0.29, 0.717) is 0 Å². The summed E-state index contributed by atoms with van der Waals surface area (Å²) >= 11 is 1.72. The fourth-order valence-corrected chi connectivity index (χ4v) is 2.75. The van der Waals surface area contributed by atoms with Gasteiger partial charge < -0.3 is 5.73 Å². The molecule has 0 unspecified atom stereocenters. The van der Waals surface area contributed by atoms with Crippen molar-refractivity contribution < 1.29 is 0 Å². The lowest BCUT2D eigenvalue weighted by Gasteiger charge is -2.02. The molecule has 16 heavy (non-hydrogen) atoms. The summed E-state index contributed by atoms with van der Waals surface area (Å²) in [7, 11) is 0. The predicted octanol–water partition coefficient (Wildman–Crippen LogP) is 3.55. The first kappa shape index (κ1) is 9.36. The van der Waals surface area contributed by atoms with Crippen molar-refractivity contribution in [3.05, 3.63) is 48.0 Å². The number of fused-ring (bicyclic) bond motifs is 1. The standard InChI is InChI=1S/C13H10N2S/c14-11-5-3-7-15-13(11)10-8-16-12-6-2-1-4-9(10)12/h1-8H,14H2. The second-order valence-electron chi connectivity index (χ2n) is 3.59. The van der Waals surface area contributed by atoms with Gasteiger partial charge in [-0.15, -0.1) is 11.3 Å². The minimum atomic E-state index is 0.728. The molecule has 3 heteroatoms. The maximum atomic E-state index is 5.94. The van der Waals surface area contributed by atoms with Gasteiger partial charge in [0.05, 0.1) is 11.4 Å². The van der Waals surface area contributed by atoms with Crippen LogP contribution in [0.25, 0.3) is 21.3 Å². The monoisotopic (exact) mass is 226 g/mol. The summed E-state index contributed by atoms with van der Waals surface area (Å²) in [4.78, 5) is 4.35. The van der Waals surface area contributed by atoms with E-state index < -0.39 is 0 Å². The van der Waals surface area contributed by atoms with Gasteiger partial charge in [-0.1, -0.05) is 18.2 Å². The molecule has 0 saturated carbocycles. The molecule has 0 aliphatic carbocycles. The van der Waals surface area contributed by atoms with Crippen LogP contribution in [0.3, 0.4) is 0 Å². The number of benzene rings is 1. The minimum absolute atomic E-state index is 0.728. The highest BCUT2D eigenvalue weighted by atomic mass is 32.1. The Hall–Kier alpha value is -1.87. The van der Waals surface area contributed by atoms with Crippen molar-refractivity contribution in [2.24, 2.45) is 0 Å². The zero-order valence-electron chi connectivity index (χ0n) is 8.55. The molecule has 2 heterocycles. The van der Waals surface area contributed by atoms with E-state index in [4.69, 9.17) is 5.73 Å². The first-order chi connectivity index (χ1) is 7.86. The van der Waals surface area contributed by atoms with Crippen LogP contribution in [-0.2, 0) is 0 Å². The second kappa shape index (κ2) is 3.61. The highest BCUT2D eigenvalue weighted by molar-refractivity contribution is 7.17. The van der Waals surface area contributed by atoms with Crippen LogP contribution >= 0.6 is 11.3 Å². The summed E-state index contributed by atoms with van der Waals surface area (Å²) < 4.78 is 1.27. The van der Waals surface area contributed by atoms with Crippen LogP contribution in [0.1, 0.15) is 0 Å². The molecule has 0 atom stereocenters. The van der Waals surface area contributed by atoms with Crippen molar-refractivity contribution in [3.8, 4) is 11.3 Å². The Labute approximate surface area is 97.4 Å². The average molecular weight is 226 g/mol. The summed E-state index contributed by atoms with van der Waals surface area (Å²) in [5.74, 6) is 0. The van der Waals surface area contributed by atoms with Crippen LogP contribution < -0.4 is 5.73 Å². The molecule has 78 valence electrons. The normalized spacial score (nSPS) is 10.8. The number of hydrogen-bond donors (Lipinski definition) is 1. The van der Waals surface area contributed by atoms with Crippen LogP contribution in [0.15, 0.2) is 48.0 Å². The van der Waals surface area contributed by atoms with E-state index in [9.17, 15) is 0 Å². The number of hydrogen-bond acceptors (Lipinski definition) is 3. The Morgan fingerprint density at radius 2 is 1.94 bits per heavy atom. The fraction of sp³-hybridized carbons (Fsp3) is 0. The van der Waals surface area contributed by atoms with E-state index in [1.807, 2.05) is 24.3 Å². The largest absolute Gasteiger partial charge is 0.397 e. The van der Waals surface area contributed by atoms with Crippen molar-refractivity contribution in [3.63, 3.8) is 0 Å².